The molecule has 66 valence electrons. The van der Waals surface area contributed by atoms with Gasteiger partial charge in [0.25, 0.3) is 0 Å². The number of hydrogen-bond donors (Lipinski definition) is 0. The van der Waals surface area contributed by atoms with Crippen LogP contribution in [0.15, 0.2) is 29.2 Å². The minimum atomic E-state index is -1.04. The fraction of sp³-hybridized carbons (Fsp3) is 0.333. The highest BCUT2D eigenvalue weighted by molar-refractivity contribution is 8.28. The molecule has 0 aliphatic rings. The molecule has 1 aromatic carbocycles. The third kappa shape index (κ3) is 3.65. The van der Waals surface area contributed by atoms with E-state index in [1.54, 1.807) is 0 Å². The highest BCUT2D eigenvalue weighted by Crippen LogP contribution is 2.29. The fourth-order valence-electron chi connectivity index (χ4n) is 0.856. The summed E-state index contributed by atoms with van der Waals surface area (Å²) in [5.74, 6) is 0. The maximum atomic E-state index is 5.78. The SMILES string of the molecule is C[Si](C)(C)Sc1ccc(Cl)cc1. The van der Waals surface area contributed by atoms with Crippen LogP contribution in [0.2, 0.25) is 24.7 Å². The zero-order valence-corrected chi connectivity index (χ0v) is 10.2. The second kappa shape index (κ2) is 3.86. The Morgan fingerprint density at radius 2 is 1.58 bits per heavy atom. The van der Waals surface area contributed by atoms with Crippen molar-refractivity contribution in [3.05, 3.63) is 29.3 Å². The average molecular weight is 217 g/mol. The summed E-state index contributed by atoms with van der Waals surface area (Å²) in [5.41, 5.74) is 0. The molecule has 3 heteroatoms. The molecule has 0 aliphatic heterocycles. The van der Waals surface area contributed by atoms with Gasteiger partial charge in [0.1, 0.15) is 7.22 Å². The van der Waals surface area contributed by atoms with Gasteiger partial charge in [-0.25, -0.2) is 0 Å². The van der Waals surface area contributed by atoms with Gasteiger partial charge < -0.3 is 0 Å². The molecule has 0 heterocycles. The number of halogens is 1. The molecule has 0 spiro atoms. The van der Waals surface area contributed by atoms with E-state index < -0.39 is 7.22 Å². The van der Waals surface area contributed by atoms with Gasteiger partial charge in [-0.2, -0.15) is 11.2 Å². The lowest BCUT2D eigenvalue weighted by atomic mass is 10.4. The van der Waals surface area contributed by atoms with E-state index in [2.05, 4.69) is 31.8 Å². The van der Waals surface area contributed by atoms with Crippen LogP contribution < -0.4 is 0 Å². The lowest BCUT2D eigenvalue weighted by Crippen LogP contribution is -2.13. The van der Waals surface area contributed by atoms with Crippen LogP contribution in [-0.2, 0) is 0 Å². The fourth-order valence-corrected chi connectivity index (χ4v) is 4.49. The third-order valence-corrected chi connectivity index (χ3v) is 5.15. The first-order valence-corrected chi connectivity index (χ1v) is 9.34. The summed E-state index contributed by atoms with van der Waals surface area (Å²) in [6.07, 6.45) is 0. The number of rotatable bonds is 2. The second-order valence-corrected chi connectivity index (χ2v) is 13.3. The zero-order chi connectivity index (χ0) is 9.19. The van der Waals surface area contributed by atoms with Crippen LogP contribution in [0, 0.1) is 0 Å². The molecular weight excluding hydrogens is 204 g/mol. The maximum Gasteiger partial charge on any atom is 0.114 e. The Labute approximate surface area is 84.0 Å². The van der Waals surface area contributed by atoms with Gasteiger partial charge in [-0.1, -0.05) is 31.2 Å². The molecule has 1 aromatic rings. The van der Waals surface area contributed by atoms with Gasteiger partial charge in [-0.15, -0.1) is 0 Å². The maximum absolute atomic E-state index is 5.78. The van der Waals surface area contributed by atoms with E-state index >= 15 is 0 Å². The van der Waals surface area contributed by atoms with E-state index in [4.69, 9.17) is 11.6 Å². The Bertz CT molecular complexity index is 250. The molecule has 0 saturated heterocycles. The quantitative estimate of drug-likeness (QED) is 0.666. The van der Waals surface area contributed by atoms with Crippen LogP contribution in [0.3, 0.4) is 0 Å². The molecule has 0 radical (unpaired) electrons. The monoisotopic (exact) mass is 216 g/mol. The lowest BCUT2D eigenvalue weighted by molar-refractivity contribution is 1.47. The Kier molecular flexibility index (Phi) is 3.27. The van der Waals surface area contributed by atoms with Crippen LogP contribution in [0.1, 0.15) is 0 Å². The summed E-state index contributed by atoms with van der Waals surface area (Å²) in [5, 5.41) is 0.815. The first-order valence-electron chi connectivity index (χ1n) is 3.92. The molecule has 0 aromatic heterocycles. The van der Waals surface area contributed by atoms with Crippen LogP contribution in [0.5, 0.6) is 0 Å². The normalized spacial score (nSPS) is 11.7. The smallest absolute Gasteiger partial charge is 0.114 e. The zero-order valence-electron chi connectivity index (χ0n) is 7.60. The van der Waals surface area contributed by atoms with E-state index in [9.17, 15) is 0 Å². The molecular formula is C9H13ClSSi. The van der Waals surface area contributed by atoms with Crippen molar-refractivity contribution in [2.45, 2.75) is 24.5 Å². The molecule has 0 N–H and O–H groups in total. The molecule has 0 atom stereocenters. The molecule has 12 heavy (non-hydrogen) atoms. The van der Waals surface area contributed by atoms with Crippen molar-refractivity contribution in [3.63, 3.8) is 0 Å². The van der Waals surface area contributed by atoms with Gasteiger partial charge in [0, 0.05) is 9.92 Å². The summed E-state index contributed by atoms with van der Waals surface area (Å²) in [6.45, 7) is 7.02. The Balaban J connectivity index is 2.71. The van der Waals surface area contributed by atoms with Crippen molar-refractivity contribution in [1.29, 1.82) is 0 Å². The van der Waals surface area contributed by atoms with E-state index in [0.29, 0.717) is 0 Å². The standard InChI is InChI=1S/C9H13ClSSi/c1-12(2,3)11-9-6-4-8(10)5-7-9/h4-7H,1-3H3. The van der Waals surface area contributed by atoms with Gasteiger partial charge in [0.05, 0.1) is 0 Å². The van der Waals surface area contributed by atoms with Crippen LogP contribution in [-0.4, -0.2) is 7.22 Å². The largest absolute Gasteiger partial charge is 0.152 e. The van der Waals surface area contributed by atoms with Crippen molar-refractivity contribution in [1.82, 2.24) is 0 Å². The molecule has 0 fully saturated rings. The molecule has 0 aliphatic carbocycles. The highest BCUT2D eigenvalue weighted by Gasteiger charge is 2.14. The van der Waals surface area contributed by atoms with Crippen molar-refractivity contribution in [2.24, 2.45) is 0 Å². The Morgan fingerprint density at radius 3 is 2.00 bits per heavy atom. The van der Waals surface area contributed by atoms with Crippen LogP contribution in [0.25, 0.3) is 0 Å². The van der Waals surface area contributed by atoms with E-state index in [1.807, 2.05) is 23.3 Å². The molecule has 0 saturated carbocycles. The van der Waals surface area contributed by atoms with E-state index in [1.165, 1.54) is 4.90 Å². The summed E-state index contributed by atoms with van der Waals surface area (Å²) >= 11 is 7.77. The number of hydrogen-bond acceptors (Lipinski definition) is 1. The van der Waals surface area contributed by atoms with Crippen molar-refractivity contribution < 1.29 is 0 Å². The van der Waals surface area contributed by atoms with Gasteiger partial charge in [0.15, 0.2) is 0 Å². The summed E-state index contributed by atoms with van der Waals surface area (Å²) in [4.78, 5) is 1.33. The first-order chi connectivity index (χ1) is 5.47. The van der Waals surface area contributed by atoms with Crippen molar-refractivity contribution in [3.8, 4) is 0 Å². The van der Waals surface area contributed by atoms with Gasteiger partial charge in [-0.3, -0.25) is 0 Å². The van der Waals surface area contributed by atoms with E-state index in [0.717, 1.165) is 5.02 Å². The topological polar surface area (TPSA) is 0 Å². The molecule has 0 bridgehead atoms. The predicted molar refractivity (Wildman–Crippen MR) is 60.7 cm³/mol. The molecule has 0 amide bonds. The predicted octanol–water partition coefficient (Wildman–Crippen LogP) is 4.27. The summed E-state index contributed by atoms with van der Waals surface area (Å²) in [7, 11) is -1.04. The summed E-state index contributed by atoms with van der Waals surface area (Å²) < 4.78 is 0. The number of benzene rings is 1. The van der Waals surface area contributed by atoms with Gasteiger partial charge >= 0.3 is 0 Å². The average Bonchev–Trinajstić information content (AvgIpc) is 1.91. The van der Waals surface area contributed by atoms with Crippen molar-refractivity contribution >= 4 is 30.0 Å². The first kappa shape index (κ1) is 10.2. The second-order valence-electron chi connectivity index (χ2n) is 3.67. The van der Waals surface area contributed by atoms with Crippen molar-refractivity contribution in [2.75, 3.05) is 0 Å². The Hall–Kier alpha value is 0.0769. The minimum Gasteiger partial charge on any atom is -0.152 e. The molecule has 1 rings (SSSR count). The lowest BCUT2D eigenvalue weighted by Gasteiger charge is -2.14. The van der Waals surface area contributed by atoms with Crippen LogP contribution >= 0.6 is 22.8 Å². The van der Waals surface area contributed by atoms with Gasteiger partial charge in [0.2, 0.25) is 0 Å². The van der Waals surface area contributed by atoms with Crippen LogP contribution in [0.4, 0.5) is 0 Å². The van der Waals surface area contributed by atoms with E-state index in [-0.39, 0.29) is 0 Å². The summed E-state index contributed by atoms with van der Waals surface area (Å²) in [6, 6.07) is 8.07. The Morgan fingerprint density at radius 1 is 1.08 bits per heavy atom. The highest BCUT2D eigenvalue weighted by atomic mass is 35.5. The van der Waals surface area contributed by atoms with Gasteiger partial charge in [-0.05, 0) is 24.3 Å². The molecule has 0 nitrogen and oxygen atoms in total. The third-order valence-electron chi connectivity index (χ3n) is 1.24. The minimum absolute atomic E-state index is 0.815. The molecule has 0 unspecified atom stereocenters.